The van der Waals surface area contributed by atoms with Crippen molar-refractivity contribution in [2.75, 3.05) is 12.4 Å². The fraction of sp³-hybridized carbons (Fsp3) is 0.500. The summed E-state index contributed by atoms with van der Waals surface area (Å²) >= 11 is 1.99. The van der Waals surface area contributed by atoms with Crippen molar-refractivity contribution < 1.29 is 4.74 Å². The van der Waals surface area contributed by atoms with Crippen molar-refractivity contribution in [3.63, 3.8) is 0 Å². The van der Waals surface area contributed by atoms with Gasteiger partial charge in [0.15, 0.2) is 0 Å². The van der Waals surface area contributed by atoms with Gasteiger partial charge in [0.2, 0.25) is 0 Å². The van der Waals surface area contributed by atoms with Gasteiger partial charge in [0.05, 0.1) is 6.61 Å². The molecule has 0 unspecified atom stereocenters. The van der Waals surface area contributed by atoms with E-state index in [4.69, 9.17) is 4.74 Å². The van der Waals surface area contributed by atoms with Crippen molar-refractivity contribution in [3.05, 3.63) is 30.3 Å². The minimum atomic E-state index is 0.728. The van der Waals surface area contributed by atoms with Crippen molar-refractivity contribution in [1.29, 1.82) is 0 Å². The van der Waals surface area contributed by atoms with E-state index in [-0.39, 0.29) is 0 Å². The first-order chi connectivity index (χ1) is 6.79. The average Bonchev–Trinajstić information content (AvgIpc) is 2.18. The molecular formula is C12H18OS. The predicted molar refractivity (Wildman–Crippen MR) is 64.1 cm³/mol. The van der Waals surface area contributed by atoms with Crippen LogP contribution in [0, 0.1) is 0 Å². The fourth-order valence-electron chi connectivity index (χ4n) is 1.08. The van der Waals surface area contributed by atoms with Crippen LogP contribution in [-0.4, -0.2) is 17.6 Å². The maximum atomic E-state index is 5.57. The Balaban J connectivity index is 2.05. The minimum absolute atomic E-state index is 0.728. The van der Waals surface area contributed by atoms with E-state index in [1.165, 1.54) is 5.75 Å². The number of thioether (sulfide) groups is 1. The Hall–Kier alpha value is -0.630. The smallest absolute Gasteiger partial charge is 0.119 e. The lowest BCUT2D eigenvalue weighted by Gasteiger charge is -2.06. The molecule has 0 atom stereocenters. The molecule has 0 fully saturated rings. The quantitative estimate of drug-likeness (QED) is 0.663. The average molecular weight is 210 g/mol. The highest BCUT2D eigenvalue weighted by atomic mass is 32.2. The molecule has 0 amide bonds. The summed E-state index contributed by atoms with van der Waals surface area (Å²) in [4.78, 5) is 0. The Labute approximate surface area is 90.9 Å². The van der Waals surface area contributed by atoms with Gasteiger partial charge in [0.25, 0.3) is 0 Å². The summed E-state index contributed by atoms with van der Waals surface area (Å²) in [5.41, 5.74) is 0. The van der Waals surface area contributed by atoms with Gasteiger partial charge in [-0.1, -0.05) is 32.0 Å². The van der Waals surface area contributed by atoms with Crippen LogP contribution in [0.1, 0.15) is 20.3 Å². The van der Waals surface area contributed by atoms with Crippen LogP contribution < -0.4 is 4.74 Å². The summed E-state index contributed by atoms with van der Waals surface area (Å²) in [6, 6.07) is 9.99. The zero-order chi connectivity index (χ0) is 10.2. The Morgan fingerprint density at radius 1 is 1.21 bits per heavy atom. The molecule has 0 spiro atoms. The van der Waals surface area contributed by atoms with Crippen molar-refractivity contribution in [2.45, 2.75) is 25.5 Å². The zero-order valence-corrected chi connectivity index (χ0v) is 9.72. The van der Waals surface area contributed by atoms with Gasteiger partial charge in [-0.3, -0.25) is 0 Å². The highest BCUT2D eigenvalue weighted by Gasteiger charge is 1.95. The van der Waals surface area contributed by atoms with Gasteiger partial charge in [-0.15, -0.1) is 0 Å². The van der Waals surface area contributed by atoms with Crippen LogP contribution in [0.15, 0.2) is 30.3 Å². The highest BCUT2D eigenvalue weighted by molar-refractivity contribution is 7.99. The van der Waals surface area contributed by atoms with E-state index in [1.807, 2.05) is 42.1 Å². The number of para-hydroxylation sites is 1. The van der Waals surface area contributed by atoms with Crippen LogP contribution >= 0.6 is 11.8 Å². The largest absolute Gasteiger partial charge is 0.494 e. The molecule has 0 N–H and O–H groups in total. The van der Waals surface area contributed by atoms with E-state index in [2.05, 4.69) is 13.8 Å². The Morgan fingerprint density at radius 3 is 2.57 bits per heavy atom. The van der Waals surface area contributed by atoms with Gasteiger partial charge < -0.3 is 4.74 Å². The second-order valence-electron chi connectivity index (χ2n) is 3.43. The minimum Gasteiger partial charge on any atom is -0.494 e. The summed E-state index contributed by atoms with van der Waals surface area (Å²) < 4.78 is 5.57. The third kappa shape index (κ3) is 5.18. The van der Waals surface area contributed by atoms with Gasteiger partial charge in [0.1, 0.15) is 5.75 Å². The molecule has 0 saturated heterocycles. The normalized spacial score (nSPS) is 10.5. The maximum Gasteiger partial charge on any atom is 0.119 e. The van der Waals surface area contributed by atoms with Gasteiger partial charge in [-0.2, -0.15) is 11.8 Å². The number of hydrogen-bond donors (Lipinski definition) is 0. The van der Waals surface area contributed by atoms with E-state index >= 15 is 0 Å². The van der Waals surface area contributed by atoms with Crippen LogP contribution in [0.3, 0.4) is 0 Å². The van der Waals surface area contributed by atoms with Gasteiger partial charge in [0, 0.05) is 0 Å². The standard InChI is InChI=1S/C12H18OS/c1-11(2)14-10-6-9-13-12-7-4-3-5-8-12/h3-5,7-8,11H,6,9-10H2,1-2H3. The van der Waals surface area contributed by atoms with E-state index in [9.17, 15) is 0 Å². The van der Waals surface area contributed by atoms with Gasteiger partial charge in [-0.25, -0.2) is 0 Å². The molecule has 0 radical (unpaired) electrons. The molecule has 0 aliphatic rings. The highest BCUT2D eigenvalue weighted by Crippen LogP contribution is 2.12. The number of hydrogen-bond acceptors (Lipinski definition) is 2. The fourth-order valence-corrected chi connectivity index (χ4v) is 1.84. The molecule has 1 aromatic carbocycles. The molecule has 1 rings (SSSR count). The van der Waals surface area contributed by atoms with Crippen molar-refractivity contribution in [1.82, 2.24) is 0 Å². The molecule has 1 aromatic rings. The molecule has 0 aliphatic carbocycles. The number of rotatable bonds is 6. The lowest BCUT2D eigenvalue weighted by molar-refractivity contribution is 0.318. The second kappa shape index (κ2) is 6.77. The number of benzene rings is 1. The van der Waals surface area contributed by atoms with Crippen LogP contribution in [0.2, 0.25) is 0 Å². The molecule has 78 valence electrons. The van der Waals surface area contributed by atoms with Gasteiger partial charge >= 0.3 is 0 Å². The first-order valence-electron chi connectivity index (χ1n) is 5.08. The lowest BCUT2D eigenvalue weighted by Crippen LogP contribution is -2.00. The molecular weight excluding hydrogens is 192 g/mol. The molecule has 0 aliphatic heterocycles. The third-order valence-corrected chi connectivity index (χ3v) is 2.94. The Bertz CT molecular complexity index is 233. The third-order valence-electron chi connectivity index (χ3n) is 1.75. The van der Waals surface area contributed by atoms with Crippen LogP contribution in [-0.2, 0) is 0 Å². The van der Waals surface area contributed by atoms with Crippen molar-refractivity contribution in [2.24, 2.45) is 0 Å². The van der Waals surface area contributed by atoms with Crippen LogP contribution in [0.25, 0.3) is 0 Å². The summed E-state index contributed by atoms with van der Waals surface area (Å²) in [5.74, 6) is 2.16. The van der Waals surface area contributed by atoms with E-state index in [0.717, 1.165) is 24.0 Å². The van der Waals surface area contributed by atoms with Crippen LogP contribution in [0.5, 0.6) is 5.75 Å². The summed E-state index contributed by atoms with van der Waals surface area (Å²) in [6.07, 6.45) is 1.12. The number of ether oxygens (including phenoxy) is 1. The molecule has 0 heterocycles. The van der Waals surface area contributed by atoms with E-state index < -0.39 is 0 Å². The molecule has 2 heteroatoms. The van der Waals surface area contributed by atoms with E-state index in [0.29, 0.717) is 0 Å². The summed E-state index contributed by atoms with van der Waals surface area (Å²) in [7, 11) is 0. The monoisotopic (exact) mass is 210 g/mol. The summed E-state index contributed by atoms with van der Waals surface area (Å²) in [6.45, 7) is 5.27. The Morgan fingerprint density at radius 2 is 1.93 bits per heavy atom. The SMILES string of the molecule is CC(C)SCCCOc1ccccc1. The topological polar surface area (TPSA) is 9.23 Å². The molecule has 0 bridgehead atoms. The Kier molecular flexibility index (Phi) is 5.53. The summed E-state index contributed by atoms with van der Waals surface area (Å²) in [5, 5.41) is 0.728. The van der Waals surface area contributed by atoms with Crippen LogP contribution in [0.4, 0.5) is 0 Å². The molecule has 0 saturated carbocycles. The van der Waals surface area contributed by atoms with Gasteiger partial charge in [-0.05, 0) is 29.6 Å². The molecule has 14 heavy (non-hydrogen) atoms. The zero-order valence-electron chi connectivity index (χ0n) is 8.90. The predicted octanol–water partition coefficient (Wildman–Crippen LogP) is 3.60. The first kappa shape index (κ1) is 11.4. The second-order valence-corrected chi connectivity index (χ2v) is 5.12. The molecule has 1 nitrogen and oxygen atoms in total. The van der Waals surface area contributed by atoms with Crippen molar-refractivity contribution >= 4 is 11.8 Å². The maximum absolute atomic E-state index is 5.57. The van der Waals surface area contributed by atoms with E-state index in [1.54, 1.807) is 0 Å². The lowest BCUT2D eigenvalue weighted by atomic mass is 10.3. The molecule has 0 aromatic heterocycles. The first-order valence-corrected chi connectivity index (χ1v) is 6.13. The van der Waals surface area contributed by atoms with Crippen molar-refractivity contribution in [3.8, 4) is 5.75 Å².